The van der Waals surface area contributed by atoms with Crippen molar-refractivity contribution < 1.29 is 17.6 Å². The van der Waals surface area contributed by atoms with Crippen LogP contribution in [0.15, 0.2) is 67.4 Å². The van der Waals surface area contributed by atoms with Gasteiger partial charge in [0.2, 0.25) is 5.89 Å². The zero-order chi connectivity index (χ0) is 18.9. The Kier molecular flexibility index (Phi) is 4.92. The summed E-state index contributed by atoms with van der Waals surface area (Å²) in [6, 6.07) is 11.0. The van der Waals surface area contributed by atoms with Crippen LogP contribution in [0, 0.1) is 0 Å². The lowest BCUT2D eigenvalue weighted by atomic mass is 10.2. The summed E-state index contributed by atoms with van der Waals surface area (Å²) in [6.07, 6.45) is 0. The quantitative estimate of drug-likeness (QED) is 0.619. The van der Waals surface area contributed by atoms with Crippen molar-refractivity contribution in [2.45, 2.75) is 10.4 Å². The number of benzene rings is 2. The van der Waals surface area contributed by atoms with Gasteiger partial charge in [-0.2, -0.15) is 22.7 Å². The molecule has 3 rings (SSSR count). The summed E-state index contributed by atoms with van der Waals surface area (Å²) in [4.78, 5) is 28.0. The van der Waals surface area contributed by atoms with Crippen LogP contribution in [0.3, 0.4) is 0 Å². The molecule has 0 spiro atoms. The van der Waals surface area contributed by atoms with Gasteiger partial charge in [0, 0.05) is 4.90 Å². The average molecular weight is 401 g/mol. The second kappa shape index (κ2) is 7.00. The van der Waals surface area contributed by atoms with Gasteiger partial charge in [-0.05, 0) is 48.2 Å². The third-order valence-corrected chi connectivity index (χ3v) is 4.26. The van der Waals surface area contributed by atoms with Crippen LogP contribution in [0.4, 0.5) is 13.2 Å². The SMILES string of the molecule is O=c1nc(-c2ccccc2Cl)oc(=O)n1-c1ccc(SC(F)(F)F)cc1. The Morgan fingerprint density at radius 3 is 2.27 bits per heavy atom. The molecule has 0 saturated heterocycles. The monoisotopic (exact) mass is 400 g/mol. The molecule has 10 heteroatoms. The number of aromatic nitrogens is 2. The molecule has 0 atom stereocenters. The standard InChI is InChI=1S/C16H8ClF3N2O3S/c17-12-4-2-1-3-11(12)13-21-14(23)22(15(24)25-13)9-5-7-10(8-6-9)26-16(18,19)20/h1-8H. The summed E-state index contributed by atoms with van der Waals surface area (Å²) in [7, 11) is 0. The number of hydrogen-bond acceptors (Lipinski definition) is 5. The minimum absolute atomic E-state index is 0.0356. The van der Waals surface area contributed by atoms with Crippen LogP contribution < -0.4 is 11.4 Å². The third kappa shape index (κ3) is 4.00. The highest BCUT2D eigenvalue weighted by Gasteiger charge is 2.29. The summed E-state index contributed by atoms with van der Waals surface area (Å²) < 4.78 is 42.7. The number of alkyl halides is 3. The highest BCUT2D eigenvalue weighted by molar-refractivity contribution is 8.00. The van der Waals surface area contributed by atoms with Gasteiger partial charge >= 0.3 is 17.0 Å². The molecule has 0 unspecified atom stereocenters. The lowest BCUT2D eigenvalue weighted by Crippen LogP contribution is -2.33. The van der Waals surface area contributed by atoms with Crippen molar-refractivity contribution >= 4 is 23.4 Å². The fourth-order valence-corrected chi connectivity index (χ4v) is 2.88. The molecule has 0 aliphatic carbocycles. The molecule has 0 bridgehead atoms. The van der Waals surface area contributed by atoms with Crippen molar-refractivity contribution in [3.63, 3.8) is 0 Å². The van der Waals surface area contributed by atoms with E-state index in [0.29, 0.717) is 4.57 Å². The number of hydrogen-bond donors (Lipinski definition) is 0. The molecule has 0 radical (unpaired) electrons. The molecule has 0 amide bonds. The van der Waals surface area contributed by atoms with Crippen LogP contribution in [-0.2, 0) is 0 Å². The van der Waals surface area contributed by atoms with E-state index < -0.39 is 17.0 Å². The molecule has 0 fully saturated rings. The van der Waals surface area contributed by atoms with E-state index in [-0.39, 0.29) is 38.8 Å². The smallest absolute Gasteiger partial charge is 0.390 e. The molecule has 26 heavy (non-hydrogen) atoms. The average Bonchev–Trinajstić information content (AvgIpc) is 2.55. The number of nitrogens with zero attached hydrogens (tertiary/aromatic N) is 2. The summed E-state index contributed by atoms with van der Waals surface area (Å²) >= 11 is 5.68. The molecule has 0 aliphatic rings. The molecule has 0 saturated carbocycles. The van der Waals surface area contributed by atoms with Gasteiger partial charge in [0.15, 0.2) is 0 Å². The highest BCUT2D eigenvalue weighted by Crippen LogP contribution is 2.36. The maximum atomic E-state index is 12.4. The molecule has 5 nitrogen and oxygen atoms in total. The van der Waals surface area contributed by atoms with Gasteiger partial charge in [-0.1, -0.05) is 23.7 Å². The number of halogens is 4. The second-order valence-electron chi connectivity index (χ2n) is 4.92. The minimum atomic E-state index is -4.43. The van der Waals surface area contributed by atoms with Gasteiger partial charge in [0.1, 0.15) is 0 Å². The molecule has 0 aliphatic heterocycles. The van der Waals surface area contributed by atoms with Gasteiger partial charge in [-0.25, -0.2) is 9.59 Å². The molecule has 1 aromatic heterocycles. The summed E-state index contributed by atoms with van der Waals surface area (Å²) in [5.41, 5.74) is -5.07. The Morgan fingerprint density at radius 1 is 1.04 bits per heavy atom. The zero-order valence-electron chi connectivity index (χ0n) is 12.7. The molecule has 1 heterocycles. The van der Waals surface area contributed by atoms with Crippen LogP contribution in [0.2, 0.25) is 5.02 Å². The van der Waals surface area contributed by atoms with Crippen LogP contribution in [-0.4, -0.2) is 15.1 Å². The van der Waals surface area contributed by atoms with Gasteiger partial charge in [0.05, 0.1) is 16.3 Å². The van der Waals surface area contributed by atoms with E-state index in [4.69, 9.17) is 16.0 Å². The van der Waals surface area contributed by atoms with Crippen molar-refractivity contribution in [3.8, 4) is 17.1 Å². The normalized spacial score (nSPS) is 11.5. The third-order valence-electron chi connectivity index (χ3n) is 3.19. The predicted molar refractivity (Wildman–Crippen MR) is 90.7 cm³/mol. The number of rotatable bonds is 3. The first-order valence-corrected chi connectivity index (χ1v) is 8.19. The fraction of sp³-hybridized carbons (Fsp3) is 0.0625. The van der Waals surface area contributed by atoms with E-state index in [1.54, 1.807) is 18.2 Å². The Balaban J connectivity index is 2.01. The predicted octanol–water partition coefficient (Wildman–Crippen LogP) is 4.12. The first kappa shape index (κ1) is 18.3. The van der Waals surface area contributed by atoms with E-state index in [2.05, 4.69) is 4.98 Å². The summed E-state index contributed by atoms with van der Waals surface area (Å²) in [5, 5.41) is 0.244. The van der Waals surface area contributed by atoms with E-state index in [0.717, 1.165) is 12.1 Å². The largest absolute Gasteiger partial charge is 0.446 e. The maximum Gasteiger partial charge on any atom is 0.446 e. The van der Waals surface area contributed by atoms with E-state index in [1.165, 1.54) is 18.2 Å². The molecule has 3 aromatic rings. The Morgan fingerprint density at radius 2 is 1.69 bits per heavy atom. The van der Waals surface area contributed by atoms with Gasteiger partial charge in [-0.15, -0.1) is 0 Å². The van der Waals surface area contributed by atoms with Crippen molar-refractivity contribution in [3.05, 3.63) is 74.6 Å². The minimum Gasteiger partial charge on any atom is -0.390 e. The second-order valence-corrected chi connectivity index (χ2v) is 6.47. The fourth-order valence-electron chi connectivity index (χ4n) is 2.13. The van der Waals surface area contributed by atoms with Gasteiger partial charge < -0.3 is 4.42 Å². The first-order chi connectivity index (χ1) is 12.2. The Labute approximate surface area is 153 Å². The molecule has 0 N–H and O–H groups in total. The summed E-state index contributed by atoms with van der Waals surface area (Å²) in [6.45, 7) is 0. The Bertz CT molecular complexity index is 1030. The topological polar surface area (TPSA) is 65.1 Å². The van der Waals surface area contributed by atoms with Crippen molar-refractivity contribution in [2.24, 2.45) is 0 Å². The van der Waals surface area contributed by atoms with Gasteiger partial charge in [-0.3, -0.25) is 0 Å². The highest BCUT2D eigenvalue weighted by atomic mass is 35.5. The molecular weight excluding hydrogens is 393 g/mol. The van der Waals surface area contributed by atoms with Crippen LogP contribution >= 0.6 is 23.4 Å². The van der Waals surface area contributed by atoms with Crippen LogP contribution in [0.25, 0.3) is 17.1 Å². The van der Waals surface area contributed by atoms with Crippen molar-refractivity contribution in [1.82, 2.24) is 9.55 Å². The maximum absolute atomic E-state index is 12.4. The molecular formula is C16H8ClF3N2O3S. The summed E-state index contributed by atoms with van der Waals surface area (Å²) in [5.74, 6) is -1.28. The van der Waals surface area contributed by atoms with Crippen LogP contribution in [0.5, 0.6) is 0 Å². The van der Waals surface area contributed by atoms with E-state index in [1.807, 2.05) is 0 Å². The first-order valence-electron chi connectivity index (χ1n) is 7.00. The van der Waals surface area contributed by atoms with Crippen molar-refractivity contribution in [1.29, 1.82) is 0 Å². The lowest BCUT2D eigenvalue weighted by Gasteiger charge is -2.08. The van der Waals surface area contributed by atoms with Crippen LogP contribution in [0.1, 0.15) is 0 Å². The molecule has 2 aromatic carbocycles. The van der Waals surface area contributed by atoms with E-state index >= 15 is 0 Å². The van der Waals surface area contributed by atoms with E-state index in [9.17, 15) is 22.8 Å². The Hall–Kier alpha value is -2.52. The molecule has 134 valence electrons. The van der Waals surface area contributed by atoms with Gasteiger partial charge in [0.25, 0.3) is 0 Å². The van der Waals surface area contributed by atoms with Crippen molar-refractivity contribution in [2.75, 3.05) is 0 Å². The zero-order valence-corrected chi connectivity index (χ0v) is 14.2. The lowest BCUT2D eigenvalue weighted by molar-refractivity contribution is -0.0328. The number of thioether (sulfide) groups is 1.